The molecule has 1 saturated heterocycles. The summed E-state index contributed by atoms with van der Waals surface area (Å²) < 4.78 is 4.73. The summed E-state index contributed by atoms with van der Waals surface area (Å²) in [5.41, 5.74) is 0.722. The van der Waals surface area contributed by atoms with E-state index in [9.17, 15) is 14.9 Å². The van der Waals surface area contributed by atoms with E-state index in [1.165, 1.54) is 25.3 Å². The molecule has 1 fully saturated rings. The summed E-state index contributed by atoms with van der Waals surface area (Å²) in [6.07, 6.45) is 0.735. The molecule has 0 spiro atoms. The number of nitro groups is 1. The average molecular weight is 299 g/mol. The van der Waals surface area contributed by atoms with Gasteiger partial charge in [0.15, 0.2) is 0 Å². The lowest BCUT2D eigenvalue weighted by molar-refractivity contribution is -0.384. The normalized spacial score (nSPS) is 19.0. The molecule has 0 saturated carbocycles. The lowest BCUT2D eigenvalue weighted by Crippen LogP contribution is -2.23. The van der Waals surface area contributed by atoms with Gasteiger partial charge in [0.05, 0.1) is 18.0 Å². The zero-order valence-corrected chi connectivity index (χ0v) is 11.8. The first-order chi connectivity index (χ1) is 9.51. The van der Waals surface area contributed by atoms with Crippen molar-refractivity contribution < 1.29 is 14.5 Å². The Balaban J connectivity index is 2.06. The number of hydrogen-bond donors (Lipinski definition) is 0. The van der Waals surface area contributed by atoms with E-state index in [0.717, 1.165) is 13.0 Å². The van der Waals surface area contributed by atoms with Crippen LogP contribution >= 0.6 is 11.6 Å². The van der Waals surface area contributed by atoms with E-state index in [-0.39, 0.29) is 17.6 Å². The number of halogens is 1. The van der Waals surface area contributed by atoms with Gasteiger partial charge in [0, 0.05) is 30.2 Å². The zero-order valence-electron chi connectivity index (χ0n) is 11.0. The van der Waals surface area contributed by atoms with Crippen LogP contribution in [0.15, 0.2) is 18.2 Å². The third kappa shape index (κ3) is 3.26. The highest BCUT2D eigenvalue weighted by molar-refractivity contribution is 6.31. The molecule has 0 aliphatic carbocycles. The minimum atomic E-state index is -0.443. The van der Waals surface area contributed by atoms with Gasteiger partial charge < -0.3 is 4.74 Å². The number of nitro benzene ring substituents is 1. The van der Waals surface area contributed by atoms with Crippen LogP contribution in [0.5, 0.6) is 0 Å². The van der Waals surface area contributed by atoms with Crippen molar-refractivity contribution in [1.29, 1.82) is 0 Å². The van der Waals surface area contributed by atoms with Crippen LogP contribution in [0.3, 0.4) is 0 Å². The van der Waals surface area contributed by atoms with Crippen LogP contribution in [-0.2, 0) is 16.1 Å². The Labute approximate surface area is 121 Å². The summed E-state index contributed by atoms with van der Waals surface area (Å²) in [4.78, 5) is 23.8. The highest BCUT2D eigenvalue weighted by atomic mass is 35.5. The van der Waals surface area contributed by atoms with Crippen LogP contribution < -0.4 is 0 Å². The number of ether oxygens (including phenoxy) is 1. The quantitative estimate of drug-likeness (QED) is 0.484. The van der Waals surface area contributed by atoms with Crippen LogP contribution in [-0.4, -0.2) is 36.0 Å². The van der Waals surface area contributed by atoms with Gasteiger partial charge in [-0.25, -0.2) is 0 Å². The maximum Gasteiger partial charge on any atom is 0.310 e. The SMILES string of the molecule is COC(=O)C1CCN(Cc2cc([N+](=O)[O-])ccc2Cl)C1. The Bertz CT molecular complexity index is 535. The Morgan fingerprint density at radius 3 is 3.00 bits per heavy atom. The van der Waals surface area contributed by atoms with Gasteiger partial charge in [0.25, 0.3) is 5.69 Å². The van der Waals surface area contributed by atoms with E-state index in [0.29, 0.717) is 23.7 Å². The van der Waals surface area contributed by atoms with Gasteiger partial charge in [0.1, 0.15) is 0 Å². The number of carbonyl (C=O) groups excluding carboxylic acids is 1. The molecule has 0 amide bonds. The number of rotatable bonds is 4. The van der Waals surface area contributed by atoms with Crippen LogP contribution in [0.4, 0.5) is 5.69 Å². The summed E-state index contributed by atoms with van der Waals surface area (Å²) >= 11 is 6.06. The Hall–Kier alpha value is -1.66. The van der Waals surface area contributed by atoms with Crippen LogP contribution in [0.2, 0.25) is 5.02 Å². The number of benzene rings is 1. The molecule has 7 heteroatoms. The first-order valence-corrected chi connectivity index (χ1v) is 6.62. The second-order valence-corrected chi connectivity index (χ2v) is 5.18. The molecule has 2 rings (SSSR count). The van der Waals surface area contributed by atoms with E-state index >= 15 is 0 Å². The number of hydrogen-bond acceptors (Lipinski definition) is 5. The highest BCUT2D eigenvalue weighted by Crippen LogP contribution is 2.26. The van der Waals surface area contributed by atoms with E-state index < -0.39 is 4.92 Å². The number of esters is 1. The molecule has 108 valence electrons. The molecule has 1 aromatic carbocycles. The maximum absolute atomic E-state index is 11.5. The standard InChI is InChI=1S/C13H15ClN2O4/c1-20-13(17)9-4-5-15(7-9)8-10-6-11(16(18)19)2-3-12(10)14/h2-3,6,9H,4-5,7-8H2,1H3. The first-order valence-electron chi connectivity index (χ1n) is 6.24. The van der Waals surface area contributed by atoms with E-state index in [1.807, 2.05) is 4.90 Å². The molecule has 0 radical (unpaired) electrons. The molecule has 1 heterocycles. The number of non-ortho nitro benzene ring substituents is 1. The van der Waals surface area contributed by atoms with Gasteiger partial charge in [-0.2, -0.15) is 0 Å². The summed E-state index contributed by atoms with van der Waals surface area (Å²) in [7, 11) is 1.38. The Morgan fingerprint density at radius 2 is 2.35 bits per heavy atom. The molecule has 0 aromatic heterocycles. The molecular weight excluding hydrogens is 284 g/mol. The molecule has 1 aromatic rings. The third-order valence-corrected chi connectivity index (χ3v) is 3.81. The van der Waals surface area contributed by atoms with Crippen LogP contribution in [0.25, 0.3) is 0 Å². The lowest BCUT2D eigenvalue weighted by atomic mass is 10.1. The van der Waals surface area contributed by atoms with Crippen molar-refractivity contribution in [2.45, 2.75) is 13.0 Å². The summed E-state index contributed by atoms with van der Waals surface area (Å²) in [5, 5.41) is 11.3. The third-order valence-electron chi connectivity index (χ3n) is 3.44. The molecule has 1 unspecified atom stereocenters. The van der Waals surface area contributed by atoms with E-state index in [1.54, 1.807) is 0 Å². The number of nitrogens with zero attached hydrogens (tertiary/aromatic N) is 2. The fraction of sp³-hybridized carbons (Fsp3) is 0.462. The van der Waals surface area contributed by atoms with Gasteiger partial charge >= 0.3 is 5.97 Å². The molecular formula is C13H15ClN2O4. The summed E-state index contributed by atoms with van der Waals surface area (Å²) in [6.45, 7) is 1.83. The van der Waals surface area contributed by atoms with Crippen molar-refractivity contribution in [1.82, 2.24) is 4.90 Å². The number of likely N-dealkylation sites (tertiary alicyclic amines) is 1. The van der Waals surface area contributed by atoms with E-state index in [4.69, 9.17) is 16.3 Å². The Morgan fingerprint density at radius 1 is 1.60 bits per heavy atom. The monoisotopic (exact) mass is 298 g/mol. The highest BCUT2D eigenvalue weighted by Gasteiger charge is 2.29. The molecule has 1 atom stereocenters. The minimum absolute atomic E-state index is 0.0214. The lowest BCUT2D eigenvalue weighted by Gasteiger charge is -2.16. The van der Waals surface area contributed by atoms with Crippen molar-refractivity contribution in [3.05, 3.63) is 38.9 Å². The zero-order chi connectivity index (χ0) is 14.7. The molecule has 6 nitrogen and oxygen atoms in total. The molecule has 1 aliphatic heterocycles. The predicted molar refractivity (Wildman–Crippen MR) is 73.5 cm³/mol. The van der Waals surface area contributed by atoms with Crippen molar-refractivity contribution >= 4 is 23.3 Å². The van der Waals surface area contributed by atoms with Gasteiger partial charge in [-0.3, -0.25) is 19.8 Å². The van der Waals surface area contributed by atoms with Gasteiger partial charge in [0.2, 0.25) is 0 Å². The van der Waals surface area contributed by atoms with Crippen LogP contribution in [0, 0.1) is 16.0 Å². The van der Waals surface area contributed by atoms with E-state index in [2.05, 4.69) is 0 Å². The van der Waals surface area contributed by atoms with Crippen molar-refractivity contribution in [2.75, 3.05) is 20.2 Å². The number of methoxy groups -OCH3 is 1. The summed E-state index contributed by atoms with van der Waals surface area (Å²) in [5.74, 6) is -0.338. The predicted octanol–water partition coefficient (Wildman–Crippen LogP) is 2.24. The van der Waals surface area contributed by atoms with Crippen molar-refractivity contribution in [3.63, 3.8) is 0 Å². The fourth-order valence-electron chi connectivity index (χ4n) is 2.37. The van der Waals surface area contributed by atoms with Crippen LogP contribution in [0.1, 0.15) is 12.0 Å². The summed E-state index contributed by atoms with van der Waals surface area (Å²) in [6, 6.07) is 4.39. The Kier molecular flexibility index (Phi) is 4.57. The molecule has 1 aliphatic rings. The van der Waals surface area contributed by atoms with Crippen molar-refractivity contribution in [2.24, 2.45) is 5.92 Å². The average Bonchev–Trinajstić information content (AvgIpc) is 2.88. The second kappa shape index (κ2) is 6.19. The largest absolute Gasteiger partial charge is 0.469 e. The smallest absolute Gasteiger partial charge is 0.310 e. The molecule has 20 heavy (non-hydrogen) atoms. The van der Waals surface area contributed by atoms with Gasteiger partial charge in [-0.1, -0.05) is 11.6 Å². The molecule has 0 N–H and O–H groups in total. The topological polar surface area (TPSA) is 72.7 Å². The first kappa shape index (κ1) is 14.7. The second-order valence-electron chi connectivity index (χ2n) is 4.78. The van der Waals surface area contributed by atoms with Gasteiger partial charge in [-0.05, 0) is 24.6 Å². The van der Waals surface area contributed by atoms with Crippen molar-refractivity contribution in [3.8, 4) is 0 Å². The molecule has 0 bridgehead atoms. The van der Waals surface area contributed by atoms with Gasteiger partial charge in [-0.15, -0.1) is 0 Å². The minimum Gasteiger partial charge on any atom is -0.469 e. The maximum atomic E-state index is 11.5. The fourth-order valence-corrected chi connectivity index (χ4v) is 2.55. The number of carbonyl (C=O) groups is 1.